The van der Waals surface area contributed by atoms with Crippen molar-refractivity contribution in [2.24, 2.45) is 5.92 Å². The lowest BCUT2D eigenvalue weighted by Gasteiger charge is -2.21. The average molecular weight is 263 g/mol. The molecule has 0 aliphatic rings. The Kier molecular flexibility index (Phi) is 10.3. The minimum Gasteiger partial charge on any atom is -0.396 e. The molecule has 0 aromatic heterocycles. The molecule has 17 heavy (non-hydrogen) atoms. The second-order valence-electron chi connectivity index (χ2n) is 5.43. The Labute approximate surface area is 112 Å². The number of hydrogen-bond acceptors (Lipinski definition) is 4. The molecule has 0 radical (unpaired) electrons. The highest BCUT2D eigenvalue weighted by atomic mass is 32.1. The van der Waals surface area contributed by atoms with Crippen molar-refractivity contribution in [1.29, 1.82) is 0 Å². The van der Waals surface area contributed by atoms with Gasteiger partial charge in [0.05, 0.1) is 12.3 Å². The summed E-state index contributed by atoms with van der Waals surface area (Å²) in [5.74, 6) is 1.59. The quantitative estimate of drug-likeness (QED) is 0.322. The van der Waals surface area contributed by atoms with Crippen molar-refractivity contribution in [2.45, 2.75) is 52.1 Å². The van der Waals surface area contributed by atoms with Crippen LogP contribution < -0.4 is 5.32 Å². The standard InChI is InChI=1S/C13H29NO2S/c1-13(2,3)16-11-14-8-6-12(7-10-17)5-4-9-15/h12,14-15,17H,4-11H2,1-3H3/t12-/m0/s1. The summed E-state index contributed by atoms with van der Waals surface area (Å²) in [4.78, 5) is 0. The van der Waals surface area contributed by atoms with Gasteiger partial charge in [-0.15, -0.1) is 0 Å². The lowest BCUT2D eigenvalue weighted by Crippen LogP contribution is -2.29. The van der Waals surface area contributed by atoms with Gasteiger partial charge in [-0.05, 0) is 64.7 Å². The van der Waals surface area contributed by atoms with Crippen molar-refractivity contribution in [1.82, 2.24) is 5.32 Å². The molecule has 0 saturated carbocycles. The van der Waals surface area contributed by atoms with Gasteiger partial charge in [0, 0.05) is 6.61 Å². The number of aliphatic hydroxyl groups is 1. The van der Waals surface area contributed by atoms with E-state index in [0.717, 1.165) is 38.0 Å². The Balaban J connectivity index is 3.53. The van der Waals surface area contributed by atoms with Gasteiger partial charge in [-0.3, -0.25) is 5.32 Å². The Morgan fingerprint density at radius 2 is 1.94 bits per heavy atom. The van der Waals surface area contributed by atoms with Crippen molar-refractivity contribution >= 4 is 12.6 Å². The number of rotatable bonds is 10. The number of nitrogens with one attached hydrogen (secondary N) is 1. The van der Waals surface area contributed by atoms with Crippen LogP contribution in [0.5, 0.6) is 0 Å². The fraction of sp³-hybridized carbons (Fsp3) is 1.00. The Hall–Kier alpha value is 0.230. The van der Waals surface area contributed by atoms with E-state index in [1.54, 1.807) is 0 Å². The van der Waals surface area contributed by atoms with Crippen LogP contribution in [0.15, 0.2) is 0 Å². The van der Waals surface area contributed by atoms with E-state index in [-0.39, 0.29) is 5.60 Å². The number of aliphatic hydroxyl groups excluding tert-OH is 1. The topological polar surface area (TPSA) is 41.5 Å². The molecule has 0 rings (SSSR count). The molecule has 4 heteroatoms. The molecule has 0 fully saturated rings. The minimum atomic E-state index is -0.0750. The zero-order chi connectivity index (χ0) is 13.1. The maximum absolute atomic E-state index is 8.83. The number of thiol groups is 1. The Morgan fingerprint density at radius 1 is 1.24 bits per heavy atom. The van der Waals surface area contributed by atoms with Gasteiger partial charge < -0.3 is 9.84 Å². The van der Waals surface area contributed by atoms with Gasteiger partial charge in [0.15, 0.2) is 0 Å². The van der Waals surface area contributed by atoms with Gasteiger partial charge in [0.2, 0.25) is 0 Å². The maximum atomic E-state index is 8.83. The molecule has 0 aromatic carbocycles. The van der Waals surface area contributed by atoms with E-state index in [2.05, 4.69) is 38.7 Å². The summed E-state index contributed by atoms with van der Waals surface area (Å²) in [5, 5.41) is 12.1. The lowest BCUT2D eigenvalue weighted by molar-refractivity contribution is -0.0134. The molecule has 104 valence electrons. The molecule has 0 aliphatic heterocycles. The van der Waals surface area contributed by atoms with E-state index in [1.807, 2.05) is 0 Å². The third-order valence-electron chi connectivity index (χ3n) is 2.64. The van der Waals surface area contributed by atoms with Gasteiger partial charge in [0.25, 0.3) is 0 Å². The van der Waals surface area contributed by atoms with Crippen LogP contribution in [0.1, 0.15) is 46.5 Å². The van der Waals surface area contributed by atoms with E-state index in [9.17, 15) is 0 Å². The van der Waals surface area contributed by atoms with Crippen LogP contribution in [-0.2, 0) is 4.74 Å². The second-order valence-corrected chi connectivity index (χ2v) is 5.88. The highest BCUT2D eigenvalue weighted by Crippen LogP contribution is 2.15. The van der Waals surface area contributed by atoms with E-state index < -0.39 is 0 Å². The molecule has 0 heterocycles. The molecular weight excluding hydrogens is 234 g/mol. The zero-order valence-corrected chi connectivity index (χ0v) is 12.4. The van der Waals surface area contributed by atoms with E-state index >= 15 is 0 Å². The van der Waals surface area contributed by atoms with Gasteiger partial charge in [-0.2, -0.15) is 12.6 Å². The molecular formula is C13H29NO2S. The largest absolute Gasteiger partial charge is 0.396 e. The molecule has 0 aliphatic carbocycles. The van der Waals surface area contributed by atoms with Crippen LogP contribution in [-0.4, -0.2) is 36.3 Å². The Morgan fingerprint density at radius 3 is 2.47 bits per heavy atom. The normalized spacial score (nSPS) is 13.9. The van der Waals surface area contributed by atoms with Crippen molar-refractivity contribution in [3.8, 4) is 0 Å². The number of hydrogen-bond donors (Lipinski definition) is 3. The Bertz CT molecular complexity index is 171. The van der Waals surface area contributed by atoms with Crippen LogP contribution in [0.3, 0.4) is 0 Å². The van der Waals surface area contributed by atoms with E-state index in [4.69, 9.17) is 9.84 Å². The first-order valence-electron chi connectivity index (χ1n) is 6.56. The van der Waals surface area contributed by atoms with Crippen LogP contribution in [0.2, 0.25) is 0 Å². The summed E-state index contributed by atoms with van der Waals surface area (Å²) >= 11 is 4.28. The SMILES string of the molecule is CC(C)(C)OCNCC[C@@H](CCS)CCCO. The van der Waals surface area contributed by atoms with Gasteiger partial charge in [-0.25, -0.2) is 0 Å². The first-order chi connectivity index (χ1) is 7.99. The monoisotopic (exact) mass is 263 g/mol. The third kappa shape index (κ3) is 12.5. The first-order valence-corrected chi connectivity index (χ1v) is 7.19. The molecule has 3 nitrogen and oxygen atoms in total. The second kappa shape index (κ2) is 10.2. The summed E-state index contributed by atoms with van der Waals surface area (Å²) in [6, 6.07) is 0. The van der Waals surface area contributed by atoms with Crippen LogP contribution in [0, 0.1) is 5.92 Å². The molecule has 0 bridgehead atoms. The first kappa shape index (κ1) is 17.2. The summed E-state index contributed by atoms with van der Waals surface area (Å²) in [6.07, 6.45) is 4.26. The zero-order valence-electron chi connectivity index (χ0n) is 11.5. The maximum Gasteiger partial charge on any atom is 0.0972 e. The molecule has 1 atom stereocenters. The summed E-state index contributed by atoms with van der Waals surface area (Å²) in [6.45, 7) is 8.04. The van der Waals surface area contributed by atoms with E-state index in [1.165, 1.54) is 0 Å². The molecule has 0 unspecified atom stereocenters. The fourth-order valence-electron chi connectivity index (χ4n) is 1.64. The van der Waals surface area contributed by atoms with Crippen LogP contribution >= 0.6 is 12.6 Å². The molecule has 0 aromatic rings. The number of ether oxygens (including phenoxy) is 1. The lowest BCUT2D eigenvalue weighted by atomic mass is 9.97. The summed E-state index contributed by atoms with van der Waals surface area (Å²) < 4.78 is 5.59. The van der Waals surface area contributed by atoms with Crippen molar-refractivity contribution in [3.63, 3.8) is 0 Å². The van der Waals surface area contributed by atoms with Crippen molar-refractivity contribution in [2.75, 3.05) is 25.6 Å². The highest BCUT2D eigenvalue weighted by molar-refractivity contribution is 7.80. The average Bonchev–Trinajstić information content (AvgIpc) is 2.23. The molecule has 0 spiro atoms. The van der Waals surface area contributed by atoms with Crippen molar-refractivity contribution in [3.05, 3.63) is 0 Å². The predicted molar refractivity (Wildman–Crippen MR) is 76.6 cm³/mol. The van der Waals surface area contributed by atoms with Crippen LogP contribution in [0.25, 0.3) is 0 Å². The predicted octanol–water partition coefficient (Wildman–Crippen LogP) is 2.45. The highest BCUT2D eigenvalue weighted by Gasteiger charge is 2.10. The summed E-state index contributed by atoms with van der Waals surface area (Å²) in [7, 11) is 0. The van der Waals surface area contributed by atoms with Gasteiger partial charge >= 0.3 is 0 Å². The van der Waals surface area contributed by atoms with Crippen LogP contribution in [0.4, 0.5) is 0 Å². The van der Waals surface area contributed by atoms with E-state index in [0.29, 0.717) is 19.3 Å². The van der Waals surface area contributed by atoms with Gasteiger partial charge in [-0.1, -0.05) is 0 Å². The summed E-state index contributed by atoms with van der Waals surface area (Å²) in [5.41, 5.74) is -0.0750. The molecule has 2 N–H and O–H groups in total. The minimum absolute atomic E-state index is 0.0750. The molecule has 0 amide bonds. The third-order valence-corrected chi connectivity index (χ3v) is 2.90. The fourth-order valence-corrected chi connectivity index (χ4v) is 2.01. The van der Waals surface area contributed by atoms with Crippen molar-refractivity contribution < 1.29 is 9.84 Å². The molecule has 0 saturated heterocycles. The van der Waals surface area contributed by atoms with Gasteiger partial charge in [0.1, 0.15) is 0 Å². The smallest absolute Gasteiger partial charge is 0.0972 e.